The molecule has 0 aliphatic carbocycles. The molecule has 0 aromatic carbocycles. The Morgan fingerprint density at radius 3 is 2.64 bits per heavy atom. The molecule has 0 spiro atoms. The van der Waals surface area contributed by atoms with E-state index in [1.165, 1.54) is 0 Å². The average molecular weight is 199 g/mol. The van der Waals surface area contributed by atoms with E-state index in [1.54, 1.807) is 0 Å². The topological polar surface area (TPSA) is 66.4 Å². The molecule has 14 heavy (non-hydrogen) atoms. The predicted molar refractivity (Wildman–Crippen MR) is 51.7 cm³/mol. The molecule has 1 fully saturated rings. The van der Waals surface area contributed by atoms with Crippen LogP contribution in [0.4, 0.5) is 0 Å². The molecule has 0 radical (unpaired) electrons. The van der Waals surface area contributed by atoms with Gasteiger partial charge < -0.3 is 10.4 Å². The molecule has 1 saturated heterocycles. The Bertz CT molecular complexity index is 238. The van der Waals surface area contributed by atoms with Crippen molar-refractivity contribution in [3.8, 4) is 0 Å². The lowest BCUT2D eigenvalue weighted by Gasteiger charge is -2.30. The third-order valence-electron chi connectivity index (χ3n) is 2.70. The Balaban J connectivity index is 2.67. The predicted octanol–water partition coefficient (Wildman–Crippen LogP) is 1.01. The molecular weight excluding hydrogens is 182 g/mol. The first-order valence-electron chi connectivity index (χ1n) is 5.04. The summed E-state index contributed by atoms with van der Waals surface area (Å²) in [5.74, 6) is -1.24. The normalized spacial score (nSPS) is 24.5. The van der Waals surface area contributed by atoms with E-state index in [9.17, 15) is 9.59 Å². The van der Waals surface area contributed by atoms with Crippen LogP contribution in [0.25, 0.3) is 0 Å². The maximum atomic E-state index is 11.1. The number of carbonyl (C=O) groups excluding carboxylic acids is 1. The summed E-state index contributed by atoms with van der Waals surface area (Å²) in [6.45, 7) is 3.75. The van der Waals surface area contributed by atoms with E-state index >= 15 is 0 Å². The Labute approximate surface area is 83.7 Å². The van der Waals surface area contributed by atoms with Crippen LogP contribution in [-0.4, -0.2) is 23.0 Å². The second kappa shape index (κ2) is 4.44. The van der Waals surface area contributed by atoms with E-state index in [0.717, 1.165) is 12.8 Å². The molecule has 0 aromatic heterocycles. The zero-order chi connectivity index (χ0) is 10.7. The fourth-order valence-corrected chi connectivity index (χ4v) is 2.02. The molecule has 1 rings (SSSR count). The van der Waals surface area contributed by atoms with Gasteiger partial charge in [-0.25, -0.2) is 0 Å². The number of hydrogen-bond acceptors (Lipinski definition) is 2. The third kappa shape index (κ3) is 2.47. The summed E-state index contributed by atoms with van der Waals surface area (Å²) in [6, 6.07) is -0.186. The number of aliphatic carboxylic acids is 1. The van der Waals surface area contributed by atoms with Crippen LogP contribution in [0.15, 0.2) is 0 Å². The van der Waals surface area contributed by atoms with Crippen LogP contribution in [-0.2, 0) is 9.59 Å². The molecule has 1 amide bonds. The Hall–Kier alpha value is -1.06. The highest BCUT2D eigenvalue weighted by molar-refractivity contribution is 5.79. The number of hydrogen-bond donors (Lipinski definition) is 2. The first-order chi connectivity index (χ1) is 6.52. The number of rotatable bonds is 3. The van der Waals surface area contributed by atoms with E-state index in [0.29, 0.717) is 6.42 Å². The Morgan fingerprint density at radius 2 is 2.21 bits per heavy atom. The van der Waals surface area contributed by atoms with Gasteiger partial charge in [-0.3, -0.25) is 9.59 Å². The summed E-state index contributed by atoms with van der Waals surface area (Å²) in [5.41, 5.74) is 0. The first kappa shape index (κ1) is 11.0. The molecule has 4 heteroatoms. The number of amides is 1. The number of piperidine rings is 1. The van der Waals surface area contributed by atoms with E-state index < -0.39 is 11.9 Å². The molecule has 2 N–H and O–H groups in total. The summed E-state index contributed by atoms with van der Waals surface area (Å²) in [6.07, 6.45) is 2.11. The lowest BCUT2D eigenvalue weighted by Crippen LogP contribution is -2.47. The summed E-state index contributed by atoms with van der Waals surface area (Å²) in [4.78, 5) is 22.1. The number of carboxylic acid groups (broad SMARTS) is 1. The Kier molecular flexibility index (Phi) is 3.49. The maximum Gasteiger partial charge on any atom is 0.308 e. The van der Waals surface area contributed by atoms with Crippen LogP contribution in [0.2, 0.25) is 0 Å². The van der Waals surface area contributed by atoms with Gasteiger partial charge in [0.25, 0.3) is 0 Å². The molecule has 0 bridgehead atoms. The minimum atomic E-state index is -0.813. The van der Waals surface area contributed by atoms with E-state index in [-0.39, 0.29) is 17.9 Å². The van der Waals surface area contributed by atoms with Crippen molar-refractivity contribution in [2.75, 3.05) is 0 Å². The molecule has 1 aliphatic heterocycles. The molecular formula is C10H17NO3. The zero-order valence-corrected chi connectivity index (χ0v) is 8.62. The van der Waals surface area contributed by atoms with Gasteiger partial charge >= 0.3 is 5.97 Å². The quantitative estimate of drug-likeness (QED) is 0.713. The third-order valence-corrected chi connectivity index (χ3v) is 2.70. The van der Waals surface area contributed by atoms with Crippen molar-refractivity contribution in [1.82, 2.24) is 5.32 Å². The summed E-state index contributed by atoms with van der Waals surface area (Å²) in [5, 5.41) is 11.8. The van der Waals surface area contributed by atoms with Crippen LogP contribution < -0.4 is 5.32 Å². The lowest BCUT2D eigenvalue weighted by molar-refractivity contribution is -0.145. The number of carbonyl (C=O) groups is 2. The molecule has 2 atom stereocenters. The highest BCUT2D eigenvalue weighted by Crippen LogP contribution is 2.22. The fourth-order valence-electron chi connectivity index (χ4n) is 2.02. The van der Waals surface area contributed by atoms with E-state index in [2.05, 4.69) is 5.32 Å². The second-order valence-electron chi connectivity index (χ2n) is 4.17. The van der Waals surface area contributed by atoms with Crippen LogP contribution >= 0.6 is 0 Å². The maximum absolute atomic E-state index is 11.1. The van der Waals surface area contributed by atoms with Crippen LogP contribution in [0, 0.1) is 11.8 Å². The summed E-state index contributed by atoms with van der Waals surface area (Å²) >= 11 is 0. The van der Waals surface area contributed by atoms with Crippen molar-refractivity contribution in [2.24, 2.45) is 11.8 Å². The van der Waals surface area contributed by atoms with Gasteiger partial charge in [0.2, 0.25) is 5.91 Å². The second-order valence-corrected chi connectivity index (χ2v) is 4.17. The molecule has 80 valence electrons. The minimum absolute atomic E-state index is 0.0202. The first-order valence-corrected chi connectivity index (χ1v) is 5.04. The lowest BCUT2D eigenvalue weighted by atomic mass is 9.84. The van der Waals surface area contributed by atoms with E-state index in [4.69, 9.17) is 5.11 Å². The van der Waals surface area contributed by atoms with Gasteiger partial charge in [0, 0.05) is 12.5 Å². The molecule has 0 aromatic rings. The van der Waals surface area contributed by atoms with Gasteiger partial charge in [-0.05, 0) is 18.8 Å². The van der Waals surface area contributed by atoms with Gasteiger partial charge in [0.15, 0.2) is 0 Å². The van der Waals surface area contributed by atoms with Crippen molar-refractivity contribution in [1.29, 1.82) is 0 Å². The van der Waals surface area contributed by atoms with Crippen LogP contribution in [0.5, 0.6) is 0 Å². The van der Waals surface area contributed by atoms with Crippen molar-refractivity contribution in [3.05, 3.63) is 0 Å². The number of carboxylic acids is 1. The molecule has 2 unspecified atom stereocenters. The highest BCUT2D eigenvalue weighted by atomic mass is 16.4. The smallest absolute Gasteiger partial charge is 0.308 e. The van der Waals surface area contributed by atoms with Gasteiger partial charge in [-0.15, -0.1) is 0 Å². The van der Waals surface area contributed by atoms with Crippen molar-refractivity contribution in [2.45, 2.75) is 39.2 Å². The van der Waals surface area contributed by atoms with Crippen molar-refractivity contribution >= 4 is 11.9 Å². The van der Waals surface area contributed by atoms with Gasteiger partial charge in [0.1, 0.15) is 0 Å². The zero-order valence-electron chi connectivity index (χ0n) is 8.62. The van der Waals surface area contributed by atoms with E-state index in [1.807, 2.05) is 13.8 Å². The standard InChI is InChI=1S/C10H17NO3/c1-6(2)9(10(13)14)7-4-3-5-8(12)11-7/h6-7,9H,3-5H2,1-2H3,(H,11,12)(H,13,14). The van der Waals surface area contributed by atoms with Gasteiger partial charge in [0.05, 0.1) is 5.92 Å². The van der Waals surface area contributed by atoms with Crippen molar-refractivity contribution in [3.63, 3.8) is 0 Å². The SMILES string of the molecule is CC(C)C(C(=O)O)C1CCCC(=O)N1. The summed E-state index contributed by atoms with van der Waals surface area (Å²) < 4.78 is 0. The monoisotopic (exact) mass is 199 g/mol. The molecule has 4 nitrogen and oxygen atoms in total. The van der Waals surface area contributed by atoms with Crippen LogP contribution in [0.3, 0.4) is 0 Å². The van der Waals surface area contributed by atoms with Crippen LogP contribution in [0.1, 0.15) is 33.1 Å². The minimum Gasteiger partial charge on any atom is -0.481 e. The Morgan fingerprint density at radius 1 is 1.57 bits per heavy atom. The largest absolute Gasteiger partial charge is 0.481 e. The van der Waals surface area contributed by atoms with Gasteiger partial charge in [-0.1, -0.05) is 13.8 Å². The average Bonchev–Trinajstić information content (AvgIpc) is 2.02. The highest BCUT2D eigenvalue weighted by Gasteiger charge is 2.33. The molecule has 1 heterocycles. The number of nitrogens with one attached hydrogen (secondary N) is 1. The summed E-state index contributed by atoms with van der Waals surface area (Å²) in [7, 11) is 0. The van der Waals surface area contributed by atoms with Gasteiger partial charge in [-0.2, -0.15) is 0 Å². The molecule has 0 saturated carbocycles. The molecule has 1 aliphatic rings. The fraction of sp³-hybridized carbons (Fsp3) is 0.800. The van der Waals surface area contributed by atoms with Crippen molar-refractivity contribution < 1.29 is 14.7 Å².